The van der Waals surface area contributed by atoms with Gasteiger partial charge in [0.05, 0.1) is 0 Å². The Bertz CT molecular complexity index is 363. The van der Waals surface area contributed by atoms with Crippen molar-refractivity contribution in [3.05, 3.63) is 34.9 Å². The van der Waals surface area contributed by atoms with Crippen molar-refractivity contribution in [2.45, 2.75) is 26.2 Å². The summed E-state index contributed by atoms with van der Waals surface area (Å²) in [4.78, 5) is 0. The SMILES string of the molecule is CCCc1cccc2c1CC[N+](C)=C2. The Morgan fingerprint density at radius 1 is 1.36 bits per heavy atom. The monoisotopic (exact) mass is 188 g/mol. The number of likely N-dealkylation sites (N-methyl/N-ethyl adjacent to an activating group) is 1. The minimum atomic E-state index is 1.16. The third-order valence-electron chi connectivity index (χ3n) is 2.90. The lowest BCUT2D eigenvalue weighted by atomic mass is 9.94. The average molecular weight is 188 g/mol. The van der Waals surface area contributed by atoms with Gasteiger partial charge in [-0.15, -0.1) is 0 Å². The number of aryl methyl sites for hydroxylation is 1. The molecule has 0 aromatic heterocycles. The van der Waals surface area contributed by atoms with Crippen molar-refractivity contribution in [1.82, 2.24) is 0 Å². The van der Waals surface area contributed by atoms with E-state index in [9.17, 15) is 0 Å². The molecule has 0 aliphatic carbocycles. The molecule has 1 aliphatic rings. The largest absolute Gasteiger partial charge is 0.238 e. The molecule has 74 valence electrons. The highest BCUT2D eigenvalue weighted by Gasteiger charge is 2.14. The van der Waals surface area contributed by atoms with Crippen molar-refractivity contribution in [3.63, 3.8) is 0 Å². The number of rotatable bonds is 2. The molecule has 0 saturated heterocycles. The van der Waals surface area contributed by atoms with E-state index in [1.54, 1.807) is 11.1 Å². The normalized spacial score (nSPS) is 14.9. The van der Waals surface area contributed by atoms with Crippen molar-refractivity contribution in [2.75, 3.05) is 13.6 Å². The molecule has 1 nitrogen and oxygen atoms in total. The summed E-state index contributed by atoms with van der Waals surface area (Å²) in [5.41, 5.74) is 4.55. The molecule has 1 heterocycles. The Hall–Kier alpha value is -1.11. The predicted molar refractivity (Wildman–Crippen MR) is 60.4 cm³/mol. The maximum Gasteiger partial charge on any atom is 0.170 e. The van der Waals surface area contributed by atoms with Gasteiger partial charge in [-0.25, -0.2) is 4.58 Å². The standard InChI is InChI=1S/C13H18N/c1-3-5-11-6-4-7-12-10-14(2)9-8-13(11)12/h4,6-7,10H,3,5,8-9H2,1-2H3/q+1. The highest BCUT2D eigenvalue weighted by atomic mass is 15.0. The van der Waals surface area contributed by atoms with Crippen LogP contribution in [0.3, 0.4) is 0 Å². The summed E-state index contributed by atoms with van der Waals surface area (Å²) in [6.45, 7) is 3.41. The van der Waals surface area contributed by atoms with Crippen molar-refractivity contribution in [1.29, 1.82) is 0 Å². The summed E-state index contributed by atoms with van der Waals surface area (Å²) in [6, 6.07) is 6.69. The van der Waals surface area contributed by atoms with Crippen LogP contribution in [-0.4, -0.2) is 24.4 Å². The molecule has 1 heteroatoms. The summed E-state index contributed by atoms with van der Waals surface area (Å²) in [5.74, 6) is 0. The predicted octanol–water partition coefficient (Wildman–Crippen LogP) is 2.26. The Morgan fingerprint density at radius 3 is 3.00 bits per heavy atom. The topological polar surface area (TPSA) is 3.01 Å². The molecular formula is C13H18N+. The number of benzene rings is 1. The van der Waals surface area contributed by atoms with Gasteiger partial charge in [0.2, 0.25) is 0 Å². The van der Waals surface area contributed by atoms with Crippen molar-refractivity contribution in [2.24, 2.45) is 0 Å². The van der Waals surface area contributed by atoms with E-state index in [1.807, 2.05) is 0 Å². The fraction of sp³-hybridized carbons (Fsp3) is 0.462. The minimum Gasteiger partial charge on any atom is -0.238 e. The zero-order valence-corrected chi connectivity index (χ0v) is 9.09. The van der Waals surface area contributed by atoms with Gasteiger partial charge in [-0.1, -0.05) is 25.5 Å². The first kappa shape index (κ1) is 9.45. The molecule has 0 radical (unpaired) electrons. The summed E-state index contributed by atoms with van der Waals surface area (Å²) in [6.07, 6.45) is 5.93. The molecule has 0 amide bonds. The summed E-state index contributed by atoms with van der Waals surface area (Å²) in [7, 11) is 2.15. The van der Waals surface area contributed by atoms with E-state index in [4.69, 9.17) is 0 Å². The van der Waals surface area contributed by atoms with Crippen LogP contribution >= 0.6 is 0 Å². The molecule has 0 unspecified atom stereocenters. The highest BCUT2D eigenvalue weighted by molar-refractivity contribution is 5.79. The molecule has 1 aromatic carbocycles. The first-order valence-electron chi connectivity index (χ1n) is 5.47. The van der Waals surface area contributed by atoms with Gasteiger partial charge in [0.25, 0.3) is 0 Å². The first-order chi connectivity index (χ1) is 6.81. The van der Waals surface area contributed by atoms with Crippen LogP contribution in [0.5, 0.6) is 0 Å². The van der Waals surface area contributed by atoms with Crippen molar-refractivity contribution < 1.29 is 4.58 Å². The second-order valence-corrected chi connectivity index (χ2v) is 4.09. The van der Waals surface area contributed by atoms with Crippen LogP contribution in [0.1, 0.15) is 30.0 Å². The Balaban J connectivity index is 2.42. The van der Waals surface area contributed by atoms with Crippen LogP contribution in [-0.2, 0) is 12.8 Å². The molecular weight excluding hydrogens is 170 g/mol. The minimum absolute atomic E-state index is 1.16. The third-order valence-corrected chi connectivity index (χ3v) is 2.90. The average Bonchev–Trinajstić information content (AvgIpc) is 2.18. The second kappa shape index (κ2) is 3.95. The van der Waals surface area contributed by atoms with Crippen LogP contribution in [0.4, 0.5) is 0 Å². The lowest BCUT2D eigenvalue weighted by Gasteiger charge is -2.14. The molecule has 1 aliphatic heterocycles. The Labute approximate surface area is 86.1 Å². The van der Waals surface area contributed by atoms with Gasteiger partial charge >= 0.3 is 0 Å². The van der Waals surface area contributed by atoms with Crippen LogP contribution in [0, 0.1) is 0 Å². The lowest BCUT2D eigenvalue weighted by molar-refractivity contribution is -0.493. The third kappa shape index (κ3) is 1.72. The van der Waals surface area contributed by atoms with Gasteiger partial charge < -0.3 is 0 Å². The van der Waals surface area contributed by atoms with Crippen LogP contribution in [0.15, 0.2) is 18.2 Å². The highest BCUT2D eigenvalue weighted by Crippen LogP contribution is 2.18. The lowest BCUT2D eigenvalue weighted by Crippen LogP contribution is -2.20. The van der Waals surface area contributed by atoms with Crippen LogP contribution < -0.4 is 0 Å². The zero-order chi connectivity index (χ0) is 9.97. The van der Waals surface area contributed by atoms with E-state index in [2.05, 4.69) is 43.0 Å². The summed E-state index contributed by atoms with van der Waals surface area (Å²) < 4.78 is 2.28. The molecule has 14 heavy (non-hydrogen) atoms. The van der Waals surface area contributed by atoms with E-state index >= 15 is 0 Å². The fourth-order valence-corrected chi connectivity index (χ4v) is 2.17. The molecule has 2 rings (SSSR count). The molecule has 0 spiro atoms. The number of hydrogen-bond acceptors (Lipinski definition) is 0. The quantitative estimate of drug-likeness (QED) is 0.626. The maximum atomic E-state index is 2.28. The molecule has 0 N–H and O–H groups in total. The fourth-order valence-electron chi connectivity index (χ4n) is 2.17. The second-order valence-electron chi connectivity index (χ2n) is 4.09. The van der Waals surface area contributed by atoms with Gasteiger partial charge in [0, 0.05) is 12.0 Å². The zero-order valence-electron chi connectivity index (χ0n) is 9.09. The van der Waals surface area contributed by atoms with Gasteiger partial charge in [-0.2, -0.15) is 0 Å². The van der Waals surface area contributed by atoms with E-state index in [1.165, 1.54) is 24.8 Å². The molecule has 1 aromatic rings. The van der Waals surface area contributed by atoms with Gasteiger partial charge in [-0.05, 0) is 23.6 Å². The van der Waals surface area contributed by atoms with Gasteiger partial charge in [-0.3, -0.25) is 0 Å². The smallest absolute Gasteiger partial charge is 0.170 e. The van der Waals surface area contributed by atoms with E-state index in [0.717, 1.165) is 6.54 Å². The van der Waals surface area contributed by atoms with Gasteiger partial charge in [0.1, 0.15) is 13.6 Å². The van der Waals surface area contributed by atoms with Crippen LogP contribution in [0.2, 0.25) is 0 Å². The van der Waals surface area contributed by atoms with E-state index < -0.39 is 0 Å². The molecule has 0 saturated carbocycles. The first-order valence-corrected chi connectivity index (χ1v) is 5.47. The molecule has 0 fully saturated rings. The number of nitrogens with zero attached hydrogens (tertiary/aromatic N) is 1. The van der Waals surface area contributed by atoms with Crippen LogP contribution in [0.25, 0.3) is 0 Å². The van der Waals surface area contributed by atoms with Crippen molar-refractivity contribution >= 4 is 6.21 Å². The summed E-state index contributed by atoms with van der Waals surface area (Å²) >= 11 is 0. The molecule has 0 atom stereocenters. The van der Waals surface area contributed by atoms with Gasteiger partial charge in [0.15, 0.2) is 6.21 Å². The molecule has 0 bridgehead atoms. The van der Waals surface area contributed by atoms with E-state index in [0.29, 0.717) is 0 Å². The Morgan fingerprint density at radius 2 is 2.21 bits per heavy atom. The summed E-state index contributed by atoms with van der Waals surface area (Å²) in [5, 5.41) is 0. The maximum absolute atomic E-state index is 2.28. The number of hydrogen-bond donors (Lipinski definition) is 0. The number of fused-ring (bicyclic) bond motifs is 1. The van der Waals surface area contributed by atoms with Crippen molar-refractivity contribution in [3.8, 4) is 0 Å². The Kier molecular flexibility index (Phi) is 2.67. The van der Waals surface area contributed by atoms with E-state index in [-0.39, 0.29) is 0 Å².